The van der Waals surface area contributed by atoms with Gasteiger partial charge in [-0.25, -0.2) is 14.1 Å². The molecule has 1 N–H and O–H groups in total. The maximum absolute atomic E-state index is 13.2. The molecule has 1 heterocycles. The average Bonchev–Trinajstić information content (AvgIpc) is 2.70. The molecule has 6 heteroatoms. The maximum atomic E-state index is 13.2. The molecule has 0 spiro atoms. The summed E-state index contributed by atoms with van der Waals surface area (Å²) in [6, 6.07) is 8.93. The molecule has 0 unspecified atom stereocenters. The fraction of sp³-hybridized carbons (Fsp3) is 0. The number of carboxylic acid groups (broad SMARTS) is 1. The van der Waals surface area contributed by atoms with Crippen molar-refractivity contribution >= 4 is 23.5 Å². The van der Waals surface area contributed by atoms with Gasteiger partial charge in [0.15, 0.2) is 0 Å². The Hall–Kier alpha value is -3.02. The number of hydrogen-bond donors (Lipinski definition) is 1. The molecule has 0 radical (unpaired) electrons. The standard InChI is InChI=1S/C15H8FNO4/c16-8-5-6-9-11(7-8)14(19)17(13(9)18)12-4-2-1-3-10(12)15(20)21/h1-7H,(H,20,21). The second-order valence-corrected chi connectivity index (χ2v) is 4.46. The van der Waals surface area contributed by atoms with Crippen molar-refractivity contribution in [3.8, 4) is 0 Å². The number of para-hydroxylation sites is 1. The van der Waals surface area contributed by atoms with Crippen molar-refractivity contribution in [2.24, 2.45) is 0 Å². The Morgan fingerprint density at radius 2 is 1.67 bits per heavy atom. The highest BCUT2D eigenvalue weighted by atomic mass is 19.1. The van der Waals surface area contributed by atoms with Crippen molar-refractivity contribution < 1.29 is 23.9 Å². The van der Waals surface area contributed by atoms with Gasteiger partial charge in [-0.15, -0.1) is 0 Å². The molecule has 2 aromatic rings. The molecule has 0 aromatic heterocycles. The summed E-state index contributed by atoms with van der Waals surface area (Å²) >= 11 is 0. The van der Waals surface area contributed by atoms with Crippen LogP contribution in [-0.4, -0.2) is 22.9 Å². The van der Waals surface area contributed by atoms with Crippen LogP contribution in [0.25, 0.3) is 0 Å². The number of imide groups is 1. The van der Waals surface area contributed by atoms with E-state index in [1.165, 1.54) is 30.3 Å². The van der Waals surface area contributed by atoms with E-state index < -0.39 is 23.6 Å². The number of carbonyl (C=O) groups is 3. The predicted octanol–water partition coefficient (Wildman–Crippen LogP) is 2.32. The Balaban J connectivity index is 2.17. The SMILES string of the molecule is O=C(O)c1ccccc1N1C(=O)c2ccc(F)cc2C1=O. The molecule has 2 amide bonds. The smallest absolute Gasteiger partial charge is 0.337 e. The van der Waals surface area contributed by atoms with Gasteiger partial charge in [0.05, 0.1) is 22.4 Å². The molecule has 1 aliphatic heterocycles. The van der Waals surface area contributed by atoms with Crippen molar-refractivity contribution in [2.75, 3.05) is 4.90 Å². The molecule has 0 bridgehead atoms. The molecule has 0 fully saturated rings. The first kappa shape index (κ1) is 13.0. The number of carboxylic acids is 1. The fourth-order valence-corrected chi connectivity index (χ4v) is 2.28. The molecule has 104 valence electrons. The van der Waals surface area contributed by atoms with Gasteiger partial charge >= 0.3 is 5.97 Å². The summed E-state index contributed by atoms with van der Waals surface area (Å²) in [6.07, 6.45) is 0. The Kier molecular flexibility index (Phi) is 2.79. The quantitative estimate of drug-likeness (QED) is 0.859. The summed E-state index contributed by atoms with van der Waals surface area (Å²) in [4.78, 5) is 36.5. The second-order valence-electron chi connectivity index (χ2n) is 4.46. The van der Waals surface area contributed by atoms with E-state index in [0.29, 0.717) is 0 Å². The number of amides is 2. The summed E-state index contributed by atoms with van der Waals surface area (Å²) in [7, 11) is 0. The van der Waals surface area contributed by atoms with Crippen LogP contribution in [0.5, 0.6) is 0 Å². The van der Waals surface area contributed by atoms with E-state index in [4.69, 9.17) is 5.11 Å². The summed E-state index contributed by atoms with van der Waals surface area (Å²) in [5.41, 5.74) is -0.217. The summed E-state index contributed by atoms with van der Waals surface area (Å²) in [5, 5.41) is 9.15. The number of hydrogen-bond acceptors (Lipinski definition) is 3. The first-order valence-electron chi connectivity index (χ1n) is 6.01. The molecule has 2 aromatic carbocycles. The summed E-state index contributed by atoms with van der Waals surface area (Å²) in [6.45, 7) is 0. The van der Waals surface area contributed by atoms with Crippen LogP contribution in [0.3, 0.4) is 0 Å². The zero-order valence-electron chi connectivity index (χ0n) is 10.5. The molecule has 21 heavy (non-hydrogen) atoms. The van der Waals surface area contributed by atoms with E-state index in [1.807, 2.05) is 0 Å². The third kappa shape index (κ3) is 1.88. The van der Waals surface area contributed by atoms with Gasteiger partial charge in [-0.3, -0.25) is 9.59 Å². The summed E-state index contributed by atoms with van der Waals surface area (Å²) < 4.78 is 13.2. The van der Waals surface area contributed by atoms with Crippen molar-refractivity contribution in [3.63, 3.8) is 0 Å². The first-order chi connectivity index (χ1) is 10.0. The molecule has 3 rings (SSSR count). The van der Waals surface area contributed by atoms with E-state index in [0.717, 1.165) is 17.0 Å². The van der Waals surface area contributed by atoms with Crippen molar-refractivity contribution in [2.45, 2.75) is 0 Å². The van der Waals surface area contributed by atoms with Crippen LogP contribution in [0.15, 0.2) is 42.5 Å². The molecule has 1 aliphatic rings. The lowest BCUT2D eigenvalue weighted by molar-refractivity contribution is 0.0698. The Morgan fingerprint density at radius 3 is 2.38 bits per heavy atom. The Morgan fingerprint density at radius 1 is 1.00 bits per heavy atom. The van der Waals surface area contributed by atoms with Gasteiger partial charge in [0.25, 0.3) is 11.8 Å². The van der Waals surface area contributed by atoms with E-state index in [1.54, 1.807) is 0 Å². The van der Waals surface area contributed by atoms with Gasteiger partial charge in [-0.1, -0.05) is 12.1 Å². The van der Waals surface area contributed by atoms with Crippen LogP contribution in [0.4, 0.5) is 10.1 Å². The molecule has 0 saturated heterocycles. The number of aromatic carboxylic acids is 1. The van der Waals surface area contributed by atoms with Crippen LogP contribution in [0.2, 0.25) is 0 Å². The maximum Gasteiger partial charge on any atom is 0.337 e. The largest absolute Gasteiger partial charge is 0.478 e. The lowest BCUT2D eigenvalue weighted by Crippen LogP contribution is -2.30. The predicted molar refractivity (Wildman–Crippen MR) is 70.9 cm³/mol. The third-order valence-corrected chi connectivity index (χ3v) is 3.22. The molecular weight excluding hydrogens is 277 g/mol. The highest BCUT2D eigenvalue weighted by molar-refractivity contribution is 6.35. The highest BCUT2D eigenvalue weighted by Gasteiger charge is 2.38. The zero-order valence-corrected chi connectivity index (χ0v) is 10.5. The number of rotatable bonds is 2. The molecule has 0 atom stereocenters. The highest BCUT2D eigenvalue weighted by Crippen LogP contribution is 2.31. The van der Waals surface area contributed by atoms with Crippen LogP contribution < -0.4 is 4.90 Å². The number of carbonyl (C=O) groups excluding carboxylic acids is 2. The van der Waals surface area contributed by atoms with Crippen molar-refractivity contribution in [1.29, 1.82) is 0 Å². The molecule has 0 saturated carbocycles. The molecular formula is C15H8FNO4. The first-order valence-corrected chi connectivity index (χ1v) is 6.01. The van der Waals surface area contributed by atoms with E-state index in [9.17, 15) is 18.8 Å². The van der Waals surface area contributed by atoms with Gasteiger partial charge in [-0.05, 0) is 30.3 Å². The number of benzene rings is 2. The topological polar surface area (TPSA) is 74.7 Å². The van der Waals surface area contributed by atoms with Crippen molar-refractivity contribution in [1.82, 2.24) is 0 Å². The van der Waals surface area contributed by atoms with Gasteiger partial charge in [0, 0.05) is 0 Å². The minimum atomic E-state index is -1.26. The fourth-order valence-electron chi connectivity index (χ4n) is 2.28. The lowest BCUT2D eigenvalue weighted by Gasteiger charge is -2.16. The lowest BCUT2D eigenvalue weighted by atomic mass is 10.1. The minimum absolute atomic E-state index is 0.0309. The van der Waals surface area contributed by atoms with E-state index in [-0.39, 0.29) is 22.4 Å². The van der Waals surface area contributed by atoms with Crippen LogP contribution in [0, 0.1) is 5.82 Å². The van der Waals surface area contributed by atoms with Gasteiger partial charge in [-0.2, -0.15) is 0 Å². The Labute approximate surface area is 118 Å². The van der Waals surface area contributed by atoms with E-state index >= 15 is 0 Å². The average molecular weight is 285 g/mol. The molecule has 5 nitrogen and oxygen atoms in total. The zero-order chi connectivity index (χ0) is 15.1. The van der Waals surface area contributed by atoms with Gasteiger partial charge in [0.1, 0.15) is 5.82 Å². The van der Waals surface area contributed by atoms with Gasteiger partial charge in [0.2, 0.25) is 0 Å². The minimum Gasteiger partial charge on any atom is -0.478 e. The van der Waals surface area contributed by atoms with Crippen LogP contribution in [0.1, 0.15) is 31.1 Å². The third-order valence-electron chi connectivity index (χ3n) is 3.22. The van der Waals surface area contributed by atoms with E-state index in [2.05, 4.69) is 0 Å². The van der Waals surface area contributed by atoms with Crippen LogP contribution >= 0.6 is 0 Å². The number of fused-ring (bicyclic) bond motifs is 1. The van der Waals surface area contributed by atoms with Crippen molar-refractivity contribution in [3.05, 3.63) is 65.0 Å². The monoisotopic (exact) mass is 285 g/mol. The number of nitrogens with zero attached hydrogens (tertiary/aromatic N) is 1. The number of anilines is 1. The molecule has 0 aliphatic carbocycles. The van der Waals surface area contributed by atoms with Gasteiger partial charge < -0.3 is 5.11 Å². The number of halogens is 1. The Bertz CT molecular complexity index is 800. The summed E-state index contributed by atoms with van der Waals surface area (Å²) in [5.74, 6) is -3.29. The second kappa shape index (κ2) is 4.52. The van der Waals surface area contributed by atoms with Crippen LogP contribution in [-0.2, 0) is 0 Å². The normalized spacial score (nSPS) is 13.5.